The number of carbonyl (C=O) groups is 2. The van der Waals surface area contributed by atoms with E-state index in [9.17, 15) is 14.7 Å². The normalized spacial score (nSPS) is 20.1. The highest BCUT2D eigenvalue weighted by molar-refractivity contribution is 6.04. The SMILES string of the molecule is COc1ccc(CN2Cc3c(F)c(NC4CCCCC4(NC(=O)O)C(C)(C)C)nc(-c4cnn(C)c4)c3C2=O)c(OC)c1. The number of aryl methyl sites for hydroxylation is 1. The van der Waals surface area contributed by atoms with Crippen LogP contribution in [0.2, 0.25) is 0 Å². The van der Waals surface area contributed by atoms with E-state index in [2.05, 4.69) is 15.7 Å². The third-order valence-electron chi connectivity index (χ3n) is 8.81. The summed E-state index contributed by atoms with van der Waals surface area (Å²) in [5.74, 6) is 0.191. The second-order valence-electron chi connectivity index (χ2n) is 12.3. The van der Waals surface area contributed by atoms with Crippen molar-refractivity contribution in [3.63, 3.8) is 0 Å². The first-order valence-corrected chi connectivity index (χ1v) is 14.4. The summed E-state index contributed by atoms with van der Waals surface area (Å²) in [4.78, 5) is 32.1. The van der Waals surface area contributed by atoms with Gasteiger partial charge in [0.1, 0.15) is 11.5 Å². The molecule has 230 valence electrons. The van der Waals surface area contributed by atoms with E-state index >= 15 is 4.39 Å². The lowest BCUT2D eigenvalue weighted by atomic mass is 9.63. The van der Waals surface area contributed by atoms with Crippen molar-refractivity contribution in [2.75, 3.05) is 19.5 Å². The summed E-state index contributed by atoms with van der Waals surface area (Å²) in [6.07, 6.45) is 5.12. The predicted octanol–water partition coefficient (Wildman–Crippen LogP) is 5.20. The van der Waals surface area contributed by atoms with Gasteiger partial charge in [0, 0.05) is 42.5 Å². The highest BCUT2D eigenvalue weighted by Crippen LogP contribution is 2.44. The molecule has 3 N–H and O–H groups in total. The van der Waals surface area contributed by atoms with Crippen molar-refractivity contribution in [1.29, 1.82) is 0 Å². The van der Waals surface area contributed by atoms with Gasteiger partial charge >= 0.3 is 6.09 Å². The monoisotopic (exact) mass is 594 g/mol. The average molecular weight is 595 g/mol. The average Bonchev–Trinajstić information content (AvgIpc) is 3.53. The third-order valence-corrected chi connectivity index (χ3v) is 8.81. The number of fused-ring (bicyclic) bond motifs is 1. The molecule has 1 saturated carbocycles. The summed E-state index contributed by atoms with van der Waals surface area (Å²) < 4.78 is 28.9. The van der Waals surface area contributed by atoms with Crippen LogP contribution < -0.4 is 20.1 Å². The number of carboxylic acid groups (broad SMARTS) is 1. The Morgan fingerprint density at radius 3 is 2.63 bits per heavy atom. The van der Waals surface area contributed by atoms with E-state index in [-0.39, 0.29) is 35.9 Å². The molecular weight excluding hydrogens is 555 g/mol. The van der Waals surface area contributed by atoms with Crippen LogP contribution in [0.5, 0.6) is 11.5 Å². The molecule has 3 heterocycles. The number of nitrogens with zero attached hydrogens (tertiary/aromatic N) is 4. The van der Waals surface area contributed by atoms with Crippen molar-refractivity contribution in [1.82, 2.24) is 25.0 Å². The number of aromatic nitrogens is 3. The number of anilines is 1. The largest absolute Gasteiger partial charge is 0.497 e. The molecular formula is C31H39FN6O5. The molecule has 2 amide bonds. The first kappa shape index (κ1) is 30.1. The zero-order chi connectivity index (χ0) is 31.1. The number of ether oxygens (including phenoxy) is 2. The van der Waals surface area contributed by atoms with Gasteiger partial charge in [-0.15, -0.1) is 0 Å². The fourth-order valence-electron chi connectivity index (χ4n) is 6.53. The first-order valence-electron chi connectivity index (χ1n) is 14.4. The number of nitrogens with one attached hydrogen (secondary N) is 2. The van der Waals surface area contributed by atoms with Crippen LogP contribution >= 0.6 is 0 Å². The molecule has 1 aliphatic carbocycles. The Bertz CT molecular complexity index is 1550. The lowest BCUT2D eigenvalue weighted by Crippen LogP contribution is -2.67. The maximum absolute atomic E-state index is 16.5. The number of pyridine rings is 1. The van der Waals surface area contributed by atoms with E-state index in [4.69, 9.17) is 14.5 Å². The van der Waals surface area contributed by atoms with Crippen molar-refractivity contribution in [3.05, 3.63) is 53.1 Å². The lowest BCUT2D eigenvalue weighted by Gasteiger charge is -2.52. The van der Waals surface area contributed by atoms with Gasteiger partial charge in [-0.1, -0.05) is 33.6 Å². The number of benzene rings is 1. The number of methoxy groups -OCH3 is 2. The smallest absolute Gasteiger partial charge is 0.405 e. The number of carbonyl (C=O) groups excluding carboxylic acids is 1. The minimum atomic E-state index is -1.13. The molecule has 0 radical (unpaired) electrons. The number of halogens is 1. The minimum absolute atomic E-state index is 0.0120. The third kappa shape index (κ3) is 5.46. The molecule has 1 aliphatic heterocycles. The van der Waals surface area contributed by atoms with Crippen LogP contribution in [-0.2, 0) is 20.1 Å². The van der Waals surface area contributed by atoms with E-state index in [1.54, 1.807) is 55.4 Å². The van der Waals surface area contributed by atoms with Gasteiger partial charge < -0.3 is 30.1 Å². The zero-order valence-electron chi connectivity index (χ0n) is 25.5. The van der Waals surface area contributed by atoms with Gasteiger partial charge in [-0.25, -0.2) is 14.2 Å². The highest BCUT2D eigenvalue weighted by atomic mass is 19.1. The Kier molecular flexibility index (Phi) is 7.97. The molecule has 1 fully saturated rings. The minimum Gasteiger partial charge on any atom is -0.497 e. The maximum Gasteiger partial charge on any atom is 0.405 e. The first-order chi connectivity index (χ1) is 20.4. The van der Waals surface area contributed by atoms with Crippen molar-refractivity contribution in [2.24, 2.45) is 12.5 Å². The lowest BCUT2D eigenvalue weighted by molar-refractivity contribution is 0.0719. The molecule has 11 nitrogen and oxygen atoms in total. The molecule has 2 aliphatic rings. The van der Waals surface area contributed by atoms with Crippen molar-refractivity contribution >= 4 is 17.8 Å². The zero-order valence-corrected chi connectivity index (χ0v) is 25.5. The molecule has 0 bridgehead atoms. The topological polar surface area (TPSA) is 131 Å². The molecule has 0 spiro atoms. The summed E-state index contributed by atoms with van der Waals surface area (Å²) in [6, 6.07) is 4.91. The van der Waals surface area contributed by atoms with Crippen molar-refractivity contribution in [3.8, 4) is 22.8 Å². The summed E-state index contributed by atoms with van der Waals surface area (Å²) >= 11 is 0. The fraction of sp³-hybridized carbons (Fsp3) is 0.484. The molecule has 5 rings (SSSR count). The van der Waals surface area contributed by atoms with E-state index in [0.29, 0.717) is 35.6 Å². The van der Waals surface area contributed by atoms with Gasteiger partial charge in [-0.05, 0) is 30.4 Å². The molecule has 2 unspecified atom stereocenters. The standard InChI is InChI=1S/C31H39FN6O5/c1-30(2,3)31(36-29(40)41)12-8-7-9-23(31)34-27-25(32)21-17-38(16-18-10-11-20(42-5)13-22(18)43-6)28(39)24(21)26(35-27)19-14-33-37(4)15-19/h10-11,13-15,23,36H,7-9,12,16-17H2,1-6H3,(H,34,35)(H,40,41). The number of hydrogen-bond acceptors (Lipinski definition) is 7. The van der Waals surface area contributed by atoms with Crippen LogP contribution in [0.15, 0.2) is 30.6 Å². The van der Waals surface area contributed by atoms with Gasteiger partial charge in [-0.3, -0.25) is 9.48 Å². The molecule has 3 aromatic rings. The Balaban J connectivity index is 1.57. The van der Waals surface area contributed by atoms with Crippen molar-refractivity contribution < 1.29 is 28.6 Å². The van der Waals surface area contributed by atoms with E-state index < -0.39 is 28.9 Å². The van der Waals surface area contributed by atoms with Crippen LogP contribution in [0.3, 0.4) is 0 Å². The Hall–Kier alpha value is -4.35. The van der Waals surface area contributed by atoms with Gasteiger partial charge in [0.05, 0.1) is 49.8 Å². The second kappa shape index (κ2) is 11.4. The number of hydrogen-bond donors (Lipinski definition) is 3. The van der Waals surface area contributed by atoms with E-state index in [1.165, 1.54) is 0 Å². The summed E-state index contributed by atoms with van der Waals surface area (Å²) in [7, 11) is 4.86. The summed E-state index contributed by atoms with van der Waals surface area (Å²) in [5, 5.41) is 20.2. The predicted molar refractivity (Wildman–Crippen MR) is 159 cm³/mol. The van der Waals surface area contributed by atoms with Gasteiger partial charge in [0.2, 0.25) is 0 Å². The molecule has 2 aromatic heterocycles. The van der Waals surface area contributed by atoms with Crippen LogP contribution in [0.4, 0.5) is 15.0 Å². The Morgan fingerprint density at radius 2 is 2.00 bits per heavy atom. The molecule has 43 heavy (non-hydrogen) atoms. The number of rotatable bonds is 8. The Morgan fingerprint density at radius 1 is 1.23 bits per heavy atom. The molecule has 2 atom stereocenters. The van der Waals surface area contributed by atoms with Crippen LogP contribution in [0, 0.1) is 11.2 Å². The summed E-state index contributed by atoms with van der Waals surface area (Å²) in [6.45, 7) is 6.18. The molecule has 1 aromatic carbocycles. The van der Waals surface area contributed by atoms with Crippen LogP contribution in [0.1, 0.15) is 67.9 Å². The fourth-order valence-corrected chi connectivity index (χ4v) is 6.53. The number of amides is 2. The second-order valence-corrected chi connectivity index (χ2v) is 12.3. The van der Waals surface area contributed by atoms with Crippen molar-refractivity contribution in [2.45, 2.75) is 71.1 Å². The summed E-state index contributed by atoms with van der Waals surface area (Å²) in [5.41, 5.74) is 0.725. The van der Waals surface area contributed by atoms with Gasteiger partial charge in [0.25, 0.3) is 5.91 Å². The van der Waals surface area contributed by atoms with E-state index in [1.807, 2.05) is 26.8 Å². The maximum atomic E-state index is 16.5. The van der Waals surface area contributed by atoms with E-state index in [0.717, 1.165) is 18.4 Å². The highest BCUT2D eigenvalue weighted by Gasteiger charge is 2.51. The quantitative estimate of drug-likeness (QED) is 0.324. The van der Waals surface area contributed by atoms with Crippen LogP contribution in [-0.4, -0.2) is 62.6 Å². The molecule has 0 saturated heterocycles. The van der Waals surface area contributed by atoms with Gasteiger partial charge in [0.15, 0.2) is 11.6 Å². The van der Waals surface area contributed by atoms with Gasteiger partial charge in [-0.2, -0.15) is 5.10 Å². The van der Waals surface area contributed by atoms with Crippen LogP contribution in [0.25, 0.3) is 11.3 Å². The Labute approximate surface area is 250 Å². The molecule has 12 heteroatoms.